The first-order chi connectivity index (χ1) is 6.03. The molecule has 0 aromatic heterocycles. The summed E-state index contributed by atoms with van der Waals surface area (Å²) in [6, 6.07) is 0. The van der Waals surface area contributed by atoms with Crippen molar-refractivity contribution in [3.05, 3.63) is 12.2 Å². The number of rotatable bonds is 3. The number of carbonyl (C=O) groups is 1. The quantitative estimate of drug-likeness (QED) is 0.513. The molecule has 1 saturated carbocycles. The van der Waals surface area contributed by atoms with Gasteiger partial charge in [-0.05, 0) is 38.7 Å². The fraction of sp³-hybridized carbons (Fsp3) is 0.545. The van der Waals surface area contributed by atoms with Crippen LogP contribution in [-0.2, 0) is 4.79 Å². The molecule has 1 N–H and O–H groups in total. The van der Waals surface area contributed by atoms with Crippen LogP contribution in [0.2, 0.25) is 0 Å². The molecule has 13 heavy (non-hydrogen) atoms. The van der Waals surface area contributed by atoms with Gasteiger partial charge in [-0.2, -0.15) is 0 Å². The van der Waals surface area contributed by atoms with Crippen molar-refractivity contribution in [2.45, 2.75) is 32.2 Å². The van der Waals surface area contributed by atoms with Crippen LogP contribution in [0.1, 0.15) is 26.7 Å². The Hall–Kier alpha value is -1.23. The minimum Gasteiger partial charge on any atom is -0.337 e. The van der Waals surface area contributed by atoms with E-state index in [1.54, 1.807) is 19.9 Å². The molecule has 0 spiro atoms. The van der Waals surface area contributed by atoms with Crippen molar-refractivity contribution >= 4 is 5.91 Å². The van der Waals surface area contributed by atoms with E-state index < -0.39 is 5.54 Å². The van der Waals surface area contributed by atoms with Gasteiger partial charge >= 0.3 is 0 Å². The standard InChI is InChI=1S/C11H15NO/c1-4-11(2,3)12-10(13)8-7-9-5-6-9/h1,7-9H,5-6H2,2-3H3,(H,12,13)/b8-7+. The molecule has 0 saturated heterocycles. The van der Waals surface area contributed by atoms with E-state index in [-0.39, 0.29) is 5.91 Å². The summed E-state index contributed by atoms with van der Waals surface area (Å²) in [6.07, 6.45) is 11.2. The normalized spacial score (nSPS) is 17.0. The minimum atomic E-state index is -0.551. The van der Waals surface area contributed by atoms with E-state index in [1.165, 1.54) is 12.8 Å². The van der Waals surface area contributed by atoms with Crippen LogP contribution < -0.4 is 5.32 Å². The van der Waals surface area contributed by atoms with Gasteiger partial charge in [0.2, 0.25) is 5.91 Å². The van der Waals surface area contributed by atoms with Crippen molar-refractivity contribution in [2.75, 3.05) is 0 Å². The van der Waals surface area contributed by atoms with Crippen molar-refractivity contribution in [1.29, 1.82) is 0 Å². The molecule has 0 bridgehead atoms. The number of amides is 1. The van der Waals surface area contributed by atoms with E-state index in [4.69, 9.17) is 6.42 Å². The molecule has 70 valence electrons. The van der Waals surface area contributed by atoms with Crippen LogP contribution in [0.5, 0.6) is 0 Å². The molecule has 1 fully saturated rings. The smallest absolute Gasteiger partial charge is 0.244 e. The molecule has 0 atom stereocenters. The second kappa shape index (κ2) is 3.66. The van der Waals surface area contributed by atoms with Crippen LogP contribution in [0.4, 0.5) is 0 Å². The molecule has 0 aromatic carbocycles. The predicted octanol–water partition coefficient (Wildman–Crippen LogP) is 1.48. The summed E-state index contributed by atoms with van der Waals surface area (Å²) in [4.78, 5) is 11.3. The molecule has 1 rings (SSSR count). The maximum atomic E-state index is 11.3. The van der Waals surface area contributed by atoms with E-state index in [0.29, 0.717) is 5.92 Å². The van der Waals surface area contributed by atoms with Gasteiger partial charge in [0.05, 0.1) is 5.54 Å². The first kappa shape index (κ1) is 9.85. The molecule has 2 nitrogen and oxygen atoms in total. The lowest BCUT2D eigenvalue weighted by atomic mass is 10.1. The van der Waals surface area contributed by atoms with Crippen LogP contribution in [0.3, 0.4) is 0 Å². The zero-order chi connectivity index (χ0) is 9.90. The molecule has 0 aliphatic heterocycles. The maximum absolute atomic E-state index is 11.3. The highest BCUT2D eigenvalue weighted by Gasteiger charge is 2.19. The highest BCUT2D eigenvalue weighted by Crippen LogP contribution is 2.29. The van der Waals surface area contributed by atoms with E-state index >= 15 is 0 Å². The van der Waals surface area contributed by atoms with Gasteiger partial charge in [-0.25, -0.2) is 0 Å². The Morgan fingerprint density at radius 2 is 2.23 bits per heavy atom. The van der Waals surface area contributed by atoms with Crippen molar-refractivity contribution in [1.82, 2.24) is 5.32 Å². The average Bonchev–Trinajstić information content (AvgIpc) is 2.83. The number of hydrogen-bond donors (Lipinski definition) is 1. The van der Waals surface area contributed by atoms with Crippen LogP contribution in [-0.4, -0.2) is 11.4 Å². The Balaban J connectivity index is 2.36. The van der Waals surface area contributed by atoms with Gasteiger partial charge in [-0.1, -0.05) is 12.0 Å². The molecule has 1 aliphatic rings. The van der Waals surface area contributed by atoms with Crippen molar-refractivity contribution in [2.24, 2.45) is 5.92 Å². The van der Waals surface area contributed by atoms with E-state index in [0.717, 1.165) is 0 Å². The zero-order valence-corrected chi connectivity index (χ0v) is 8.13. The lowest BCUT2D eigenvalue weighted by Crippen LogP contribution is -2.41. The molecule has 0 radical (unpaired) electrons. The Bertz CT molecular complexity index is 266. The van der Waals surface area contributed by atoms with Gasteiger partial charge in [-0.15, -0.1) is 6.42 Å². The number of terminal acetylenes is 1. The van der Waals surface area contributed by atoms with E-state index in [9.17, 15) is 4.79 Å². The molecular formula is C11H15NO. The summed E-state index contributed by atoms with van der Waals surface area (Å²) >= 11 is 0. The van der Waals surface area contributed by atoms with E-state index in [1.807, 2.05) is 6.08 Å². The van der Waals surface area contributed by atoms with Crippen molar-refractivity contribution in [3.8, 4) is 12.3 Å². The minimum absolute atomic E-state index is 0.102. The molecular weight excluding hydrogens is 162 g/mol. The number of nitrogens with one attached hydrogen (secondary N) is 1. The lowest BCUT2D eigenvalue weighted by molar-refractivity contribution is -0.117. The second-order valence-electron chi connectivity index (χ2n) is 3.96. The summed E-state index contributed by atoms with van der Waals surface area (Å²) in [7, 11) is 0. The van der Waals surface area contributed by atoms with Gasteiger partial charge in [0.15, 0.2) is 0 Å². The Morgan fingerprint density at radius 1 is 1.62 bits per heavy atom. The van der Waals surface area contributed by atoms with Gasteiger partial charge in [0.1, 0.15) is 0 Å². The van der Waals surface area contributed by atoms with Crippen LogP contribution >= 0.6 is 0 Å². The van der Waals surface area contributed by atoms with Crippen LogP contribution in [0.25, 0.3) is 0 Å². The van der Waals surface area contributed by atoms with Crippen molar-refractivity contribution in [3.63, 3.8) is 0 Å². The maximum Gasteiger partial charge on any atom is 0.244 e. The van der Waals surface area contributed by atoms with Gasteiger partial charge in [-0.3, -0.25) is 4.79 Å². The van der Waals surface area contributed by atoms with Crippen LogP contribution in [0, 0.1) is 18.3 Å². The van der Waals surface area contributed by atoms with Crippen molar-refractivity contribution < 1.29 is 4.79 Å². The third kappa shape index (κ3) is 3.80. The van der Waals surface area contributed by atoms with Gasteiger partial charge < -0.3 is 5.32 Å². The van der Waals surface area contributed by atoms with Crippen LogP contribution in [0.15, 0.2) is 12.2 Å². The monoisotopic (exact) mass is 177 g/mol. The Labute approximate surface area is 79.4 Å². The topological polar surface area (TPSA) is 29.1 Å². The molecule has 0 unspecified atom stereocenters. The summed E-state index contributed by atoms with van der Waals surface area (Å²) in [5.41, 5.74) is -0.551. The molecule has 1 amide bonds. The molecule has 0 heterocycles. The number of hydrogen-bond acceptors (Lipinski definition) is 1. The first-order valence-electron chi connectivity index (χ1n) is 4.51. The largest absolute Gasteiger partial charge is 0.337 e. The highest BCUT2D eigenvalue weighted by molar-refractivity contribution is 5.88. The SMILES string of the molecule is C#CC(C)(C)NC(=O)/C=C/C1CC1. The average molecular weight is 177 g/mol. The number of allylic oxidation sites excluding steroid dienone is 1. The molecule has 2 heteroatoms. The Morgan fingerprint density at radius 3 is 2.69 bits per heavy atom. The third-order valence-corrected chi connectivity index (χ3v) is 1.94. The molecule has 0 aromatic rings. The fourth-order valence-electron chi connectivity index (χ4n) is 0.898. The second-order valence-corrected chi connectivity index (χ2v) is 3.96. The fourth-order valence-corrected chi connectivity index (χ4v) is 0.898. The van der Waals surface area contributed by atoms with Gasteiger partial charge in [0, 0.05) is 0 Å². The zero-order valence-electron chi connectivity index (χ0n) is 8.13. The predicted molar refractivity (Wildman–Crippen MR) is 52.9 cm³/mol. The summed E-state index contributed by atoms with van der Waals surface area (Å²) in [5, 5.41) is 2.73. The summed E-state index contributed by atoms with van der Waals surface area (Å²) in [6.45, 7) is 3.60. The molecule has 1 aliphatic carbocycles. The lowest BCUT2D eigenvalue weighted by Gasteiger charge is -2.17. The van der Waals surface area contributed by atoms with E-state index in [2.05, 4.69) is 11.2 Å². The third-order valence-electron chi connectivity index (χ3n) is 1.94. The summed E-state index contributed by atoms with van der Waals surface area (Å²) in [5.74, 6) is 3.03. The highest BCUT2D eigenvalue weighted by atomic mass is 16.1. The first-order valence-corrected chi connectivity index (χ1v) is 4.51. The van der Waals surface area contributed by atoms with Gasteiger partial charge in [0.25, 0.3) is 0 Å². The summed E-state index contributed by atoms with van der Waals surface area (Å²) < 4.78 is 0. The number of carbonyl (C=O) groups excluding carboxylic acids is 1. The Kier molecular flexibility index (Phi) is 2.77.